The highest BCUT2D eigenvalue weighted by atomic mass is 19.2. The van der Waals surface area contributed by atoms with E-state index >= 15 is 0 Å². The van der Waals surface area contributed by atoms with Gasteiger partial charge in [-0.15, -0.1) is 0 Å². The van der Waals surface area contributed by atoms with E-state index in [4.69, 9.17) is 4.74 Å². The topological polar surface area (TPSA) is 46.5 Å². The summed E-state index contributed by atoms with van der Waals surface area (Å²) in [4.78, 5) is 11.9. The molecule has 1 aliphatic carbocycles. The molecule has 166 valence electrons. The molecular weight excluding hydrogens is 393 g/mol. The molecule has 30 heavy (non-hydrogen) atoms. The molecule has 2 fully saturated rings. The summed E-state index contributed by atoms with van der Waals surface area (Å²) in [5.74, 6) is -4.52. The second-order valence-electron chi connectivity index (χ2n) is 9.03. The van der Waals surface area contributed by atoms with E-state index in [1.54, 1.807) is 0 Å². The van der Waals surface area contributed by atoms with E-state index in [9.17, 15) is 23.1 Å². The monoisotopic (exact) mass is 424 g/mol. The second-order valence-corrected chi connectivity index (χ2v) is 9.03. The Morgan fingerprint density at radius 1 is 1.13 bits per heavy atom. The van der Waals surface area contributed by atoms with Crippen molar-refractivity contribution < 1.29 is 27.8 Å². The molecule has 0 amide bonds. The van der Waals surface area contributed by atoms with Gasteiger partial charge >= 0.3 is 5.97 Å². The summed E-state index contributed by atoms with van der Waals surface area (Å²) in [5, 5.41) is 9.75. The first-order valence-corrected chi connectivity index (χ1v) is 11.0. The summed E-state index contributed by atoms with van der Waals surface area (Å²) >= 11 is 0. The number of carbonyl (C=O) groups is 1. The number of aliphatic carboxylic acids is 1. The fourth-order valence-electron chi connectivity index (χ4n) is 4.80. The van der Waals surface area contributed by atoms with Gasteiger partial charge in [0.05, 0.1) is 13.2 Å². The lowest BCUT2D eigenvalue weighted by molar-refractivity contribution is -0.137. The number of rotatable bonds is 9. The molecule has 0 unspecified atom stereocenters. The normalized spacial score (nSPS) is 23.8. The minimum atomic E-state index is -1.44. The van der Waals surface area contributed by atoms with Crippen LogP contribution in [0.5, 0.6) is 0 Å². The minimum absolute atomic E-state index is 0.0343. The van der Waals surface area contributed by atoms with E-state index in [-0.39, 0.29) is 17.3 Å². The van der Waals surface area contributed by atoms with Crippen LogP contribution in [0.1, 0.15) is 76.2 Å². The highest BCUT2D eigenvalue weighted by molar-refractivity contribution is 5.86. The van der Waals surface area contributed by atoms with Gasteiger partial charge in [-0.25, -0.2) is 18.0 Å². The van der Waals surface area contributed by atoms with Gasteiger partial charge in [0.1, 0.15) is 0 Å². The Labute approximate surface area is 176 Å². The van der Waals surface area contributed by atoms with E-state index in [1.807, 2.05) is 6.08 Å². The second kappa shape index (κ2) is 9.99. The maximum Gasteiger partial charge on any atom is 0.331 e. The molecule has 0 atom stereocenters. The molecule has 1 saturated carbocycles. The van der Waals surface area contributed by atoms with Gasteiger partial charge in [0.25, 0.3) is 0 Å². The van der Waals surface area contributed by atoms with Crippen LogP contribution in [0.3, 0.4) is 0 Å². The number of hydrogen-bond donors (Lipinski definition) is 1. The average Bonchev–Trinajstić information content (AvgIpc) is 2.69. The summed E-state index contributed by atoms with van der Waals surface area (Å²) in [6.07, 6.45) is 9.66. The third kappa shape index (κ3) is 5.45. The molecule has 0 aromatic heterocycles. The van der Waals surface area contributed by atoms with Crippen LogP contribution in [0.2, 0.25) is 0 Å². The first kappa shape index (κ1) is 22.9. The molecule has 1 saturated heterocycles. The van der Waals surface area contributed by atoms with Crippen LogP contribution in [0.25, 0.3) is 0 Å². The van der Waals surface area contributed by atoms with Crippen molar-refractivity contribution in [2.45, 2.75) is 70.6 Å². The predicted molar refractivity (Wildman–Crippen MR) is 109 cm³/mol. The lowest BCUT2D eigenvalue weighted by Gasteiger charge is -2.42. The predicted octanol–water partition coefficient (Wildman–Crippen LogP) is 6.38. The molecule has 1 aliphatic heterocycles. The van der Waals surface area contributed by atoms with Crippen molar-refractivity contribution in [3.63, 3.8) is 0 Å². The molecule has 3 rings (SSSR count). The molecular formula is C24H31F3O3. The molecule has 1 aromatic carbocycles. The third-order valence-electron chi connectivity index (χ3n) is 6.65. The molecule has 6 heteroatoms. The van der Waals surface area contributed by atoms with Gasteiger partial charge in [-0.05, 0) is 68.1 Å². The zero-order valence-corrected chi connectivity index (χ0v) is 17.6. The Hall–Kier alpha value is -1.82. The number of carboxylic acids is 1. The van der Waals surface area contributed by atoms with Gasteiger partial charge in [-0.3, -0.25) is 0 Å². The standard InChI is InChI=1S/C24H31F3O3/c1-2-3-4-9-24(14-30-15-24)13-19(23(28)29)10-16-5-7-17(8-6-16)18-11-20(25)22(27)21(26)12-18/h10-12,16-17H,2-9,13-15H2,1H3,(H,28,29)/b19-10+. The number of halogens is 3. The molecule has 0 radical (unpaired) electrons. The SMILES string of the molecule is CCCCCC1(C/C(=C\C2CCC(c3cc(F)c(F)c(F)c3)CC2)C(=O)O)COC1. The van der Waals surface area contributed by atoms with Crippen molar-refractivity contribution >= 4 is 5.97 Å². The van der Waals surface area contributed by atoms with E-state index in [2.05, 4.69) is 6.92 Å². The van der Waals surface area contributed by atoms with Gasteiger partial charge in [0, 0.05) is 11.0 Å². The smallest absolute Gasteiger partial charge is 0.331 e. The molecule has 0 spiro atoms. The highest BCUT2D eigenvalue weighted by Crippen LogP contribution is 2.42. The number of allylic oxidation sites excluding steroid dienone is 1. The summed E-state index contributed by atoms with van der Waals surface area (Å²) in [6, 6.07) is 2.16. The van der Waals surface area contributed by atoms with E-state index in [1.165, 1.54) is 0 Å². The van der Waals surface area contributed by atoms with E-state index < -0.39 is 23.4 Å². The van der Waals surface area contributed by atoms with E-state index in [0.29, 0.717) is 43.6 Å². The quantitative estimate of drug-likeness (QED) is 0.284. The van der Waals surface area contributed by atoms with Crippen LogP contribution < -0.4 is 0 Å². The number of ether oxygens (including phenoxy) is 1. The zero-order chi connectivity index (χ0) is 21.7. The fraction of sp³-hybridized carbons (Fsp3) is 0.625. The maximum absolute atomic E-state index is 13.5. The lowest BCUT2D eigenvalue weighted by Crippen LogP contribution is -2.43. The first-order valence-electron chi connectivity index (χ1n) is 11.0. The number of unbranched alkanes of at least 4 members (excludes halogenated alkanes) is 2. The minimum Gasteiger partial charge on any atom is -0.478 e. The largest absolute Gasteiger partial charge is 0.478 e. The van der Waals surface area contributed by atoms with Gasteiger partial charge in [0.15, 0.2) is 17.5 Å². The number of benzene rings is 1. The Morgan fingerprint density at radius 2 is 1.77 bits per heavy atom. The van der Waals surface area contributed by atoms with Gasteiger partial charge in [-0.1, -0.05) is 32.3 Å². The fourth-order valence-corrected chi connectivity index (χ4v) is 4.80. The van der Waals surface area contributed by atoms with Crippen LogP contribution in [0, 0.1) is 28.8 Å². The maximum atomic E-state index is 13.5. The number of carboxylic acid groups (broad SMARTS) is 1. The molecule has 1 aromatic rings. The van der Waals surface area contributed by atoms with Crippen LogP contribution in [0.15, 0.2) is 23.8 Å². The van der Waals surface area contributed by atoms with Crippen LogP contribution in [-0.2, 0) is 9.53 Å². The molecule has 2 aliphatic rings. The van der Waals surface area contributed by atoms with Crippen LogP contribution in [-0.4, -0.2) is 24.3 Å². The van der Waals surface area contributed by atoms with Gasteiger partial charge in [0.2, 0.25) is 0 Å². The van der Waals surface area contributed by atoms with Crippen LogP contribution in [0.4, 0.5) is 13.2 Å². The summed E-state index contributed by atoms with van der Waals surface area (Å²) in [6.45, 7) is 3.39. The summed E-state index contributed by atoms with van der Waals surface area (Å²) in [7, 11) is 0. The van der Waals surface area contributed by atoms with Crippen molar-refractivity contribution in [2.75, 3.05) is 13.2 Å². The van der Waals surface area contributed by atoms with Crippen molar-refractivity contribution in [1.82, 2.24) is 0 Å². The highest BCUT2D eigenvalue weighted by Gasteiger charge is 2.40. The van der Waals surface area contributed by atoms with E-state index in [0.717, 1.165) is 50.7 Å². The average molecular weight is 425 g/mol. The van der Waals surface area contributed by atoms with Crippen molar-refractivity contribution in [1.29, 1.82) is 0 Å². The third-order valence-corrected chi connectivity index (χ3v) is 6.65. The van der Waals surface area contributed by atoms with Crippen molar-refractivity contribution in [3.8, 4) is 0 Å². The Morgan fingerprint density at radius 3 is 2.27 bits per heavy atom. The Bertz CT molecular complexity index is 755. The van der Waals surface area contributed by atoms with Gasteiger partial charge < -0.3 is 9.84 Å². The molecule has 0 bridgehead atoms. The first-order chi connectivity index (χ1) is 14.3. The molecule has 3 nitrogen and oxygen atoms in total. The number of hydrogen-bond acceptors (Lipinski definition) is 2. The van der Waals surface area contributed by atoms with Crippen molar-refractivity contribution in [3.05, 3.63) is 46.8 Å². The lowest BCUT2D eigenvalue weighted by atomic mass is 9.73. The Balaban J connectivity index is 1.62. The summed E-state index contributed by atoms with van der Waals surface area (Å²) in [5.41, 5.74) is 0.880. The van der Waals surface area contributed by atoms with Gasteiger partial charge in [-0.2, -0.15) is 0 Å². The molecule has 1 heterocycles. The summed E-state index contributed by atoms with van der Waals surface area (Å²) < 4.78 is 45.7. The van der Waals surface area contributed by atoms with Crippen molar-refractivity contribution in [2.24, 2.45) is 11.3 Å². The Kier molecular flexibility index (Phi) is 7.61. The van der Waals surface area contributed by atoms with Crippen LogP contribution >= 0.6 is 0 Å². The molecule has 1 N–H and O–H groups in total. The zero-order valence-electron chi connectivity index (χ0n) is 17.6.